The molecule has 4 nitrogen and oxygen atoms in total. The van der Waals surface area contributed by atoms with Crippen LogP contribution in [0, 0.1) is 0 Å². The highest BCUT2D eigenvalue weighted by atomic mass is 35.5. The number of halogens is 4. The molecule has 0 aliphatic heterocycles. The second-order valence-corrected chi connectivity index (χ2v) is 7.07. The van der Waals surface area contributed by atoms with Crippen LogP contribution < -0.4 is 5.32 Å². The molecule has 0 aliphatic carbocycles. The van der Waals surface area contributed by atoms with Gasteiger partial charge in [-0.15, -0.1) is 0 Å². The molecule has 0 amide bonds. The number of aromatic hydroxyl groups is 1. The van der Waals surface area contributed by atoms with Crippen LogP contribution in [0.3, 0.4) is 0 Å². The van der Waals surface area contributed by atoms with Crippen molar-refractivity contribution >= 4 is 28.3 Å². The molecule has 2 aromatic carbocycles. The van der Waals surface area contributed by atoms with E-state index in [1.54, 1.807) is 36.5 Å². The first kappa shape index (κ1) is 20.0. The van der Waals surface area contributed by atoms with Crippen molar-refractivity contribution in [3.63, 3.8) is 0 Å². The summed E-state index contributed by atoms with van der Waals surface area (Å²) in [4.78, 5) is 8.43. The summed E-state index contributed by atoms with van der Waals surface area (Å²) in [6, 6.07) is 14.3. The Hall–Kier alpha value is -3.32. The number of phenolic OH excluding ortho intramolecular Hbond substituents is 1. The number of hydrogen-bond donors (Lipinski definition) is 2. The molecule has 8 heteroatoms. The van der Waals surface area contributed by atoms with Crippen molar-refractivity contribution in [2.75, 3.05) is 5.32 Å². The van der Waals surface area contributed by atoms with Crippen molar-refractivity contribution in [2.45, 2.75) is 12.2 Å². The van der Waals surface area contributed by atoms with E-state index in [1.165, 1.54) is 18.3 Å². The van der Waals surface area contributed by atoms with E-state index in [0.29, 0.717) is 27.5 Å². The van der Waals surface area contributed by atoms with Gasteiger partial charge >= 0.3 is 6.18 Å². The average Bonchev–Trinajstić information content (AvgIpc) is 2.72. The zero-order chi connectivity index (χ0) is 21.3. The highest BCUT2D eigenvalue weighted by Crippen LogP contribution is 2.37. The summed E-state index contributed by atoms with van der Waals surface area (Å²) in [5.41, 5.74) is 0.598. The number of aromatic nitrogens is 2. The SMILES string of the molecule is Oc1c(C(Nc2cc(Cl)ccn2)c2ccc(C(F)(F)F)cc2)ccc2cccnc12. The molecule has 2 N–H and O–H groups in total. The molecular weight excluding hydrogens is 415 g/mol. The fraction of sp³-hybridized carbons (Fsp3) is 0.0909. The van der Waals surface area contributed by atoms with E-state index in [2.05, 4.69) is 15.3 Å². The van der Waals surface area contributed by atoms with Gasteiger partial charge in [0.1, 0.15) is 17.1 Å². The first-order chi connectivity index (χ1) is 14.3. The molecule has 0 bridgehead atoms. The van der Waals surface area contributed by atoms with Crippen LogP contribution in [0.25, 0.3) is 10.9 Å². The summed E-state index contributed by atoms with van der Waals surface area (Å²) < 4.78 is 39.0. The molecule has 2 heterocycles. The lowest BCUT2D eigenvalue weighted by atomic mass is 9.95. The predicted molar refractivity (Wildman–Crippen MR) is 110 cm³/mol. The number of benzene rings is 2. The summed E-state index contributed by atoms with van der Waals surface area (Å²) in [6.07, 6.45) is -1.37. The smallest absolute Gasteiger partial charge is 0.416 e. The summed E-state index contributed by atoms with van der Waals surface area (Å²) in [5.74, 6) is 0.348. The Morgan fingerprint density at radius 1 is 0.933 bits per heavy atom. The first-order valence-corrected chi connectivity index (χ1v) is 9.32. The first-order valence-electron chi connectivity index (χ1n) is 8.95. The quantitative estimate of drug-likeness (QED) is 0.405. The van der Waals surface area contributed by atoms with Crippen LogP contribution >= 0.6 is 11.6 Å². The maximum absolute atomic E-state index is 13.0. The molecule has 1 atom stereocenters. The molecule has 4 aromatic rings. The van der Waals surface area contributed by atoms with E-state index in [9.17, 15) is 18.3 Å². The largest absolute Gasteiger partial charge is 0.505 e. The van der Waals surface area contributed by atoms with Gasteiger partial charge in [0.15, 0.2) is 0 Å². The van der Waals surface area contributed by atoms with Crippen molar-refractivity contribution in [3.05, 3.63) is 94.8 Å². The van der Waals surface area contributed by atoms with Crippen LogP contribution in [-0.2, 0) is 6.18 Å². The molecule has 0 saturated heterocycles. The van der Waals surface area contributed by atoms with Crippen molar-refractivity contribution in [1.29, 1.82) is 0 Å². The van der Waals surface area contributed by atoms with Gasteiger partial charge in [-0.3, -0.25) is 4.98 Å². The van der Waals surface area contributed by atoms with Crippen LogP contribution in [0.15, 0.2) is 73.1 Å². The van der Waals surface area contributed by atoms with Crippen molar-refractivity contribution in [3.8, 4) is 5.75 Å². The monoisotopic (exact) mass is 429 g/mol. The third kappa shape index (κ3) is 4.02. The topological polar surface area (TPSA) is 58.0 Å². The molecule has 0 fully saturated rings. The van der Waals surface area contributed by atoms with Gasteiger partial charge < -0.3 is 10.4 Å². The molecule has 2 aromatic heterocycles. The van der Waals surface area contributed by atoms with E-state index in [0.717, 1.165) is 17.5 Å². The van der Waals surface area contributed by atoms with Gasteiger partial charge in [-0.25, -0.2) is 4.98 Å². The van der Waals surface area contributed by atoms with Crippen LogP contribution in [0.1, 0.15) is 22.7 Å². The minimum atomic E-state index is -4.44. The predicted octanol–water partition coefficient (Wildman–Crippen LogP) is 6.21. The van der Waals surface area contributed by atoms with E-state index < -0.39 is 17.8 Å². The maximum Gasteiger partial charge on any atom is 0.416 e. The lowest BCUT2D eigenvalue weighted by Crippen LogP contribution is -2.14. The number of phenols is 1. The Kier molecular flexibility index (Phi) is 5.22. The highest BCUT2D eigenvalue weighted by Gasteiger charge is 2.30. The number of rotatable bonds is 4. The third-order valence-electron chi connectivity index (χ3n) is 4.68. The van der Waals surface area contributed by atoms with Crippen LogP contribution in [0.4, 0.5) is 19.0 Å². The Morgan fingerprint density at radius 3 is 2.40 bits per heavy atom. The molecule has 152 valence electrons. The summed E-state index contributed by atoms with van der Waals surface area (Å²) in [7, 11) is 0. The Labute approximate surface area is 175 Å². The van der Waals surface area contributed by atoms with Crippen LogP contribution in [-0.4, -0.2) is 15.1 Å². The van der Waals surface area contributed by atoms with Gasteiger partial charge in [-0.05, 0) is 35.9 Å². The van der Waals surface area contributed by atoms with Crippen molar-refractivity contribution < 1.29 is 18.3 Å². The molecule has 0 saturated carbocycles. The zero-order valence-corrected chi connectivity index (χ0v) is 16.1. The van der Waals surface area contributed by atoms with Crippen LogP contribution in [0.2, 0.25) is 5.02 Å². The second kappa shape index (κ2) is 7.84. The van der Waals surface area contributed by atoms with E-state index in [4.69, 9.17) is 11.6 Å². The van der Waals surface area contributed by atoms with E-state index in [-0.39, 0.29) is 5.75 Å². The number of fused-ring (bicyclic) bond motifs is 1. The maximum atomic E-state index is 13.0. The average molecular weight is 430 g/mol. The Bertz CT molecular complexity index is 1200. The summed E-state index contributed by atoms with van der Waals surface area (Å²) in [5, 5.41) is 15.2. The zero-order valence-electron chi connectivity index (χ0n) is 15.4. The number of anilines is 1. The minimum absolute atomic E-state index is 0.0625. The highest BCUT2D eigenvalue weighted by molar-refractivity contribution is 6.30. The molecule has 0 radical (unpaired) electrons. The van der Waals surface area contributed by atoms with Gasteiger partial charge in [-0.2, -0.15) is 13.2 Å². The van der Waals surface area contributed by atoms with Gasteiger partial charge in [-0.1, -0.05) is 41.9 Å². The van der Waals surface area contributed by atoms with Crippen molar-refractivity contribution in [2.24, 2.45) is 0 Å². The number of hydrogen-bond acceptors (Lipinski definition) is 4. The van der Waals surface area contributed by atoms with E-state index >= 15 is 0 Å². The number of nitrogens with zero attached hydrogens (tertiary/aromatic N) is 2. The number of pyridine rings is 2. The number of nitrogens with one attached hydrogen (secondary N) is 1. The molecular formula is C22H15ClF3N3O. The second-order valence-electron chi connectivity index (χ2n) is 6.63. The summed E-state index contributed by atoms with van der Waals surface area (Å²) >= 11 is 6.04. The fourth-order valence-electron chi connectivity index (χ4n) is 3.22. The summed E-state index contributed by atoms with van der Waals surface area (Å²) in [6.45, 7) is 0. The lowest BCUT2D eigenvalue weighted by molar-refractivity contribution is -0.137. The molecule has 1 unspecified atom stereocenters. The van der Waals surface area contributed by atoms with Gasteiger partial charge in [0.05, 0.1) is 11.6 Å². The number of alkyl halides is 3. The van der Waals surface area contributed by atoms with Gasteiger partial charge in [0, 0.05) is 28.4 Å². The van der Waals surface area contributed by atoms with Crippen LogP contribution in [0.5, 0.6) is 5.75 Å². The standard InChI is InChI=1S/C22H15ClF3N3O/c23-16-9-11-27-18(12-16)29-19(14-3-6-15(7-4-14)22(24,25)26)17-8-5-13-2-1-10-28-20(13)21(17)30/h1-12,19,30H,(H,27,29). The molecule has 0 spiro atoms. The third-order valence-corrected chi connectivity index (χ3v) is 4.91. The normalized spacial score (nSPS) is 12.7. The lowest BCUT2D eigenvalue weighted by Gasteiger charge is -2.22. The molecule has 4 rings (SSSR count). The fourth-order valence-corrected chi connectivity index (χ4v) is 3.37. The molecule has 0 aliphatic rings. The van der Waals surface area contributed by atoms with E-state index in [1.807, 2.05) is 6.07 Å². The Balaban J connectivity index is 1.82. The minimum Gasteiger partial charge on any atom is -0.505 e. The Morgan fingerprint density at radius 2 is 1.70 bits per heavy atom. The van der Waals surface area contributed by atoms with Gasteiger partial charge in [0.25, 0.3) is 0 Å². The molecule has 30 heavy (non-hydrogen) atoms. The van der Waals surface area contributed by atoms with Gasteiger partial charge in [0.2, 0.25) is 0 Å². The van der Waals surface area contributed by atoms with Crippen molar-refractivity contribution in [1.82, 2.24) is 9.97 Å².